The molecule has 0 aliphatic carbocycles. The van der Waals surface area contributed by atoms with Gasteiger partial charge in [0, 0.05) is 13.1 Å². The van der Waals surface area contributed by atoms with Crippen LogP contribution in [0.5, 0.6) is 0 Å². The zero-order chi connectivity index (χ0) is 11.3. The number of hydrogen-bond acceptors (Lipinski definition) is 2. The molecular weight excluding hydrogens is 192 g/mol. The number of carbonyl (C=O) groups excluding carboxylic acids is 2. The minimum atomic E-state index is -0.766. The van der Waals surface area contributed by atoms with Gasteiger partial charge in [-0.05, 0) is 11.6 Å². The summed E-state index contributed by atoms with van der Waals surface area (Å²) < 4.78 is 0. The van der Waals surface area contributed by atoms with E-state index in [-0.39, 0.29) is 0 Å². The molecule has 0 atom stereocenters. The summed E-state index contributed by atoms with van der Waals surface area (Å²) in [5.41, 5.74) is 5.83. The monoisotopic (exact) mass is 204 g/mol. The number of urea groups is 1. The van der Waals surface area contributed by atoms with Gasteiger partial charge in [-0.1, -0.05) is 30.3 Å². The minimum Gasteiger partial charge on any atom is -0.351 e. The number of hydrogen-bond donors (Lipinski definition) is 1. The summed E-state index contributed by atoms with van der Waals surface area (Å²) in [5, 5.41) is 0. The summed E-state index contributed by atoms with van der Waals surface area (Å²) in [5.74, 6) is -0.439. The first-order valence-corrected chi connectivity index (χ1v) is 4.41. The Balaban J connectivity index is 2.67. The Bertz CT molecular complexity index is 385. The topological polar surface area (TPSA) is 63.4 Å². The van der Waals surface area contributed by atoms with Crippen molar-refractivity contribution in [1.82, 2.24) is 4.90 Å². The Morgan fingerprint density at radius 3 is 2.40 bits per heavy atom. The average Bonchev–Trinajstić information content (AvgIpc) is 2.26. The van der Waals surface area contributed by atoms with Crippen LogP contribution in [0.15, 0.2) is 36.4 Å². The average molecular weight is 204 g/mol. The molecule has 0 aliphatic heterocycles. The molecule has 0 saturated carbocycles. The van der Waals surface area contributed by atoms with Crippen LogP contribution in [0.2, 0.25) is 0 Å². The summed E-state index contributed by atoms with van der Waals surface area (Å²) in [6.45, 7) is 0. The van der Waals surface area contributed by atoms with Gasteiger partial charge in [0.1, 0.15) is 0 Å². The number of carbonyl (C=O) groups is 2. The molecule has 78 valence electrons. The predicted molar refractivity (Wildman–Crippen MR) is 57.8 cm³/mol. The Labute approximate surface area is 88.0 Å². The molecule has 0 aliphatic rings. The molecule has 0 fully saturated rings. The van der Waals surface area contributed by atoms with Gasteiger partial charge < -0.3 is 5.73 Å². The first kappa shape index (κ1) is 11.0. The molecule has 0 saturated heterocycles. The van der Waals surface area contributed by atoms with E-state index >= 15 is 0 Å². The van der Waals surface area contributed by atoms with Crippen LogP contribution >= 0.6 is 0 Å². The first-order valence-electron chi connectivity index (χ1n) is 4.41. The van der Waals surface area contributed by atoms with E-state index in [0.717, 1.165) is 10.5 Å². The normalized spacial score (nSPS) is 10.2. The first-order chi connectivity index (χ1) is 7.11. The lowest BCUT2D eigenvalue weighted by Gasteiger charge is -2.08. The highest BCUT2D eigenvalue weighted by Gasteiger charge is 2.08. The molecule has 0 spiro atoms. The van der Waals surface area contributed by atoms with E-state index in [0.29, 0.717) is 0 Å². The van der Waals surface area contributed by atoms with Crippen molar-refractivity contribution in [3.8, 4) is 0 Å². The number of likely N-dealkylation sites (N-methyl/N-ethyl adjacent to an activating group) is 1. The summed E-state index contributed by atoms with van der Waals surface area (Å²) in [4.78, 5) is 22.8. The Hall–Kier alpha value is -2.10. The molecule has 1 aromatic rings. The molecule has 1 rings (SSSR count). The molecular formula is C11H12N2O2. The number of rotatable bonds is 2. The summed E-state index contributed by atoms with van der Waals surface area (Å²) >= 11 is 0. The van der Waals surface area contributed by atoms with Crippen LogP contribution in [0.4, 0.5) is 4.79 Å². The van der Waals surface area contributed by atoms with E-state index in [1.165, 1.54) is 13.1 Å². The Morgan fingerprint density at radius 2 is 1.87 bits per heavy atom. The number of benzene rings is 1. The van der Waals surface area contributed by atoms with E-state index < -0.39 is 11.9 Å². The highest BCUT2D eigenvalue weighted by atomic mass is 16.2. The second-order valence-corrected chi connectivity index (χ2v) is 2.98. The largest absolute Gasteiger partial charge is 0.351 e. The van der Waals surface area contributed by atoms with Crippen LogP contribution in [0.3, 0.4) is 0 Å². The highest BCUT2D eigenvalue weighted by Crippen LogP contribution is 2.01. The van der Waals surface area contributed by atoms with Gasteiger partial charge in [0.15, 0.2) is 0 Å². The third-order valence-electron chi connectivity index (χ3n) is 1.88. The quantitative estimate of drug-likeness (QED) is 0.736. The fraction of sp³-hybridized carbons (Fsp3) is 0.0909. The smallest absolute Gasteiger partial charge is 0.321 e. The molecule has 1 aromatic carbocycles. The van der Waals surface area contributed by atoms with Gasteiger partial charge in [-0.2, -0.15) is 0 Å². The molecule has 4 nitrogen and oxygen atoms in total. The van der Waals surface area contributed by atoms with Gasteiger partial charge in [0.25, 0.3) is 5.91 Å². The van der Waals surface area contributed by atoms with E-state index in [9.17, 15) is 9.59 Å². The molecule has 0 unspecified atom stereocenters. The maximum absolute atomic E-state index is 11.3. The Kier molecular flexibility index (Phi) is 3.62. The van der Waals surface area contributed by atoms with Crippen LogP contribution < -0.4 is 5.73 Å². The molecule has 0 heterocycles. The molecule has 0 aromatic heterocycles. The van der Waals surface area contributed by atoms with Gasteiger partial charge in [-0.25, -0.2) is 4.79 Å². The van der Waals surface area contributed by atoms with Crippen molar-refractivity contribution >= 4 is 18.0 Å². The van der Waals surface area contributed by atoms with Gasteiger partial charge in [-0.3, -0.25) is 9.69 Å². The number of amides is 3. The van der Waals surface area contributed by atoms with Gasteiger partial charge in [0.05, 0.1) is 0 Å². The predicted octanol–water partition coefficient (Wildman–Crippen LogP) is 1.24. The number of nitrogens with two attached hydrogens (primary N) is 1. The van der Waals surface area contributed by atoms with Crippen LogP contribution in [0.1, 0.15) is 5.56 Å². The van der Waals surface area contributed by atoms with Gasteiger partial charge in [0.2, 0.25) is 0 Å². The maximum Gasteiger partial charge on any atom is 0.321 e. The zero-order valence-corrected chi connectivity index (χ0v) is 8.38. The third kappa shape index (κ3) is 3.27. The molecule has 0 radical (unpaired) electrons. The molecule has 0 bridgehead atoms. The lowest BCUT2D eigenvalue weighted by atomic mass is 10.2. The molecule has 4 heteroatoms. The van der Waals surface area contributed by atoms with Crippen molar-refractivity contribution in [1.29, 1.82) is 0 Å². The van der Waals surface area contributed by atoms with E-state index in [2.05, 4.69) is 0 Å². The molecule has 15 heavy (non-hydrogen) atoms. The fourth-order valence-electron chi connectivity index (χ4n) is 0.952. The second-order valence-electron chi connectivity index (χ2n) is 2.98. The van der Waals surface area contributed by atoms with Crippen molar-refractivity contribution in [3.05, 3.63) is 42.0 Å². The van der Waals surface area contributed by atoms with Crippen molar-refractivity contribution in [2.24, 2.45) is 5.73 Å². The van der Waals surface area contributed by atoms with Crippen molar-refractivity contribution in [2.45, 2.75) is 0 Å². The number of nitrogens with zero attached hydrogens (tertiary/aromatic N) is 1. The highest BCUT2D eigenvalue weighted by molar-refractivity contribution is 6.01. The van der Waals surface area contributed by atoms with E-state index in [4.69, 9.17) is 5.73 Å². The van der Waals surface area contributed by atoms with Crippen LogP contribution in [-0.4, -0.2) is 23.9 Å². The fourth-order valence-corrected chi connectivity index (χ4v) is 0.952. The summed E-state index contributed by atoms with van der Waals surface area (Å²) in [7, 11) is 1.33. The van der Waals surface area contributed by atoms with Gasteiger partial charge in [-0.15, -0.1) is 0 Å². The summed E-state index contributed by atoms with van der Waals surface area (Å²) in [6, 6.07) is 8.55. The lowest BCUT2D eigenvalue weighted by Crippen LogP contribution is -2.36. The van der Waals surface area contributed by atoms with Crippen molar-refractivity contribution in [3.63, 3.8) is 0 Å². The number of primary amides is 1. The lowest BCUT2D eigenvalue weighted by molar-refractivity contribution is -0.122. The second kappa shape index (κ2) is 4.95. The van der Waals surface area contributed by atoms with E-state index in [1.54, 1.807) is 6.08 Å². The van der Waals surface area contributed by atoms with Crippen molar-refractivity contribution < 1.29 is 9.59 Å². The SMILES string of the molecule is CN(C(N)=O)C(=O)C=Cc1ccccc1. The maximum atomic E-state index is 11.3. The van der Waals surface area contributed by atoms with Gasteiger partial charge >= 0.3 is 6.03 Å². The molecule has 2 N–H and O–H groups in total. The minimum absolute atomic E-state index is 0.439. The molecule has 3 amide bonds. The van der Waals surface area contributed by atoms with E-state index in [1.807, 2.05) is 30.3 Å². The van der Waals surface area contributed by atoms with Crippen LogP contribution in [0.25, 0.3) is 6.08 Å². The van der Waals surface area contributed by atoms with Crippen molar-refractivity contribution in [2.75, 3.05) is 7.05 Å². The zero-order valence-electron chi connectivity index (χ0n) is 8.38. The van der Waals surface area contributed by atoms with Crippen LogP contribution in [0, 0.1) is 0 Å². The summed E-state index contributed by atoms with van der Waals surface area (Å²) in [6.07, 6.45) is 2.93. The third-order valence-corrected chi connectivity index (χ3v) is 1.88. The Morgan fingerprint density at radius 1 is 1.27 bits per heavy atom. The standard InChI is InChI=1S/C11H12N2O2/c1-13(11(12)15)10(14)8-7-9-5-3-2-4-6-9/h2-8H,1H3,(H2,12,15). The van der Waals surface area contributed by atoms with Crippen LogP contribution in [-0.2, 0) is 4.79 Å². The number of imide groups is 1.